The monoisotopic (exact) mass is 304 g/mol. The number of hydrogen-bond donors (Lipinski definition) is 0. The predicted molar refractivity (Wildman–Crippen MR) is 86.7 cm³/mol. The van der Waals surface area contributed by atoms with E-state index in [1.807, 2.05) is 57.1 Å². The summed E-state index contributed by atoms with van der Waals surface area (Å²) in [6, 6.07) is 13.4. The van der Waals surface area contributed by atoms with Crippen LogP contribution in [0.15, 0.2) is 41.2 Å². The van der Waals surface area contributed by atoms with Crippen LogP contribution in [0, 0.1) is 34.0 Å². The van der Waals surface area contributed by atoms with Crippen molar-refractivity contribution < 1.29 is 4.74 Å². The van der Waals surface area contributed by atoms with Crippen molar-refractivity contribution in [2.24, 2.45) is 0 Å². The standard InChI is InChI=1S/C18H16N4O/c1-18(2)16(12-5-7-14(8-6-12)22(3)4)15(11-21)17(23-18)13(9-19)10-20/h5-8H,1-4H3. The molecule has 1 aliphatic rings. The highest BCUT2D eigenvalue weighted by Crippen LogP contribution is 2.45. The van der Waals surface area contributed by atoms with Crippen LogP contribution in [0.25, 0.3) is 5.57 Å². The van der Waals surface area contributed by atoms with Crippen molar-refractivity contribution in [2.75, 3.05) is 19.0 Å². The Labute approximate surface area is 135 Å². The zero-order valence-electron chi connectivity index (χ0n) is 13.5. The van der Waals surface area contributed by atoms with Crippen molar-refractivity contribution in [3.8, 4) is 18.2 Å². The molecule has 1 heterocycles. The van der Waals surface area contributed by atoms with E-state index in [0.717, 1.165) is 11.3 Å². The van der Waals surface area contributed by atoms with Gasteiger partial charge in [0.25, 0.3) is 0 Å². The lowest BCUT2D eigenvalue weighted by atomic mass is 9.89. The Hall–Kier alpha value is -3.23. The van der Waals surface area contributed by atoms with Crippen LogP contribution in [-0.4, -0.2) is 19.7 Å². The van der Waals surface area contributed by atoms with E-state index < -0.39 is 5.60 Å². The predicted octanol–water partition coefficient (Wildman–Crippen LogP) is 3.14. The first kappa shape index (κ1) is 16.1. The van der Waals surface area contributed by atoms with Gasteiger partial charge in [0.1, 0.15) is 29.4 Å². The molecule has 0 N–H and O–H groups in total. The highest BCUT2D eigenvalue weighted by Gasteiger charge is 2.40. The molecule has 0 aliphatic carbocycles. The second kappa shape index (κ2) is 5.87. The number of anilines is 1. The van der Waals surface area contributed by atoms with E-state index in [0.29, 0.717) is 5.57 Å². The van der Waals surface area contributed by atoms with Gasteiger partial charge >= 0.3 is 0 Å². The summed E-state index contributed by atoms with van der Waals surface area (Å²) in [5.41, 5.74) is 1.82. The number of hydrogen-bond acceptors (Lipinski definition) is 5. The lowest BCUT2D eigenvalue weighted by molar-refractivity contribution is 0.109. The molecule has 0 atom stereocenters. The van der Waals surface area contributed by atoms with Gasteiger partial charge in [-0.25, -0.2) is 0 Å². The Morgan fingerprint density at radius 3 is 2.04 bits per heavy atom. The van der Waals surface area contributed by atoms with E-state index in [9.17, 15) is 5.26 Å². The number of benzene rings is 1. The van der Waals surface area contributed by atoms with Crippen LogP contribution in [0.1, 0.15) is 19.4 Å². The van der Waals surface area contributed by atoms with Gasteiger partial charge in [-0.2, -0.15) is 15.8 Å². The van der Waals surface area contributed by atoms with Gasteiger partial charge in [-0.15, -0.1) is 0 Å². The van der Waals surface area contributed by atoms with Gasteiger partial charge in [0.15, 0.2) is 11.3 Å². The molecular formula is C18H16N4O. The highest BCUT2D eigenvalue weighted by molar-refractivity contribution is 5.84. The molecule has 0 spiro atoms. The molecule has 0 saturated heterocycles. The lowest BCUT2D eigenvalue weighted by Crippen LogP contribution is -2.21. The van der Waals surface area contributed by atoms with E-state index in [4.69, 9.17) is 15.3 Å². The minimum absolute atomic E-state index is 0.0641. The second-order valence-corrected chi connectivity index (χ2v) is 5.84. The minimum atomic E-state index is -0.793. The molecule has 0 aromatic heterocycles. The Balaban J connectivity index is 2.69. The van der Waals surface area contributed by atoms with Gasteiger partial charge in [-0.3, -0.25) is 0 Å². The molecule has 0 unspecified atom stereocenters. The van der Waals surface area contributed by atoms with Crippen LogP contribution in [0.3, 0.4) is 0 Å². The Bertz CT molecular complexity index is 806. The fraction of sp³-hybridized carbons (Fsp3) is 0.278. The molecule has 1 aliphatic heterocycles. The zero-order chi connectivity index (χ0) is 17.2. The van der Waals surface area contributed by atoms with Gasteiger partial charge in [-0.05, 0) is 31.5 Å². The summed E-state index contributed by atoms with van der Waals surface area (Å²) in [5.74, 6) is 0.0641. The number of allylic oxidation sites excluding steroid dienone is 2. The maximum absolute atomic E-state index is 9.53. The molecule has 0 bridgehead atoms. The molecular weight excluding hydrogens is 288 g/mol. The van der Waals surface area contributed by atoms with Gasteiger partial charge in [0.2, 0.25) is 0 Å². The largest absolute Gasteiger partial charge is 0.480 e. The topological polar surface area (TPSA) is 83.8 Å². The Kier molecular flexibility index (Phi) is 4.12. The molecule has 0 fully saturated rings. The molecule has 2 rings (SSSR count). The lowest BCUT2D eigenvalue weighted by Gasteiger charge is -2.23. The van der Waals surface area contributed by atoms with Crippen molar-refractivity contribution in [1.82, 2.24) is 0 Å². The van der Waals surface area contributed by atoms with Gasteiger partial charge in [0, 0.05) is 25.4 Å². The summed E-state index contributed by atoms with van der Waals surface area (Å²) < 4.78 is 5.77. The molecule has 0 radical (unpaired) electrons. The first-order chi connectivity index (χ1) is 10.9. The number of rotatable bonds is 2. The fourth-order valence-corrected chi connectivity index (χ4v) is 2.60. The second-order valence-electron chi connectivity index (χ2n) is 5.84. The maximum atomic E-state index is 9.53. The quantitative estimate of drug-likeness (QED) is 0.784. The third-order valence-electron chi connectivity index (χ3n) is 3.67. The van der Waals surface area contributed by atoms with Crippen molar-refractivity contribution in [2.45, 2.75) is 19.4 Å². The molecule has 0 saturated carbocycles. The normalized spacial score (nSPS) is 15.3. The Morgan fingerprint density at radius 1 is 1.04 bits per heavy atom. The summed E-state index contributed by atoms with van der Waals surface area (Å²) in [6.45, 7) is 3.64. The molecule has 23 heavy (non-hydrogen) atoms. The van der Waals surface area contributed by atoms with Crippen LogP contribution < -0.4 is 4.90 Å². The van der Waals surface area contributed by atoms with Crippen LogP contribution in [0.5, 0.6) is 0 Å². The van der Waals surface area contributed by atoms with Crippen molar-refractivity contribution in [3.05, 3.63) is 46.7 Å². The first-order valence-electron chi connectivity index (χ1n) is 7.02. The van der Waals surface area contributed by atoms with Crippen molar-refractivity contribution in [1.29, 1.82) is 15.8 Å². The van der Waals surface area contributed by atoms with Crippen molar-refractivity contribution >= 4 is 11.3 Å². The smallest absolute Gasteiger partial charge is 0.172 e. The van der Waals surface area contributed by atoms with Crippen LogP contribution in [0.4, 0.5) is 5.69 Å². The first-order valence-corrected chi connectivity index (χ1v) is 7.02. The molecule has 1 aromatic carbocycles. The van der Waals surface area contributed by atoms with Gasteiger partial charge in [-0.1, -0.05) is 12.1 Å². The van der Waals surface area contributed by atoms with E-state index in [1.54, 1.807) is 12.1 Å². The van der Waals surface area contributed by atoms with Crippen LogP contribution >= 0.6 is 0 Å². The summed E-state index contributed by atoms with van der Waals surface area (Å²) in [5, 5.41) is 27.7. The minimum Gasteiger partial charge on any atom is -0.480 e. The average molecular weight is 304 g/mol. The van der Waals surface area contributed by atoms with Gasteiger partial charge in [0.05, 0.1) is 0 Å². The molecule has 5 heteroatoms. The van der Waals surface area contributed by atoms with E-state index in [2.05, 4.69) is 6.07 Å². The average Bonchev–Trinajstić information content (AvgIpc) is 2.79. The summed E-state index contributed by atoms with van der Waals surface area (Å²) in [7, 11) is 3.90. The Morgan fingerprint density at radius 2 is 1.61 bits per heavy atom. The van der Waals surface area contributed by atoms with E-state index in [-0.39, 0.29) is 16.9 Å². The number of nitrogens with zero attached hydrogens (tertiary/aromatic N) is 4. The molecule has 1 aromatic rings. The summed E-state index contributed by atoms with van der Waals surface area (Å²) in [4.78, 5) is 1.98. The molecule has 5 nitrogen and oxygen atoms in total. The molecule has 114 valence electrons. The summed E-state index contributed by atoms with van der Waals surface area (Å²) in [6.07, 6.45) is 0. The maximum Gasteiger partial charge on any atom is 0.172 e. The number of ether oxygens (including phenoxy) is 1. The molecule has 0 amide bonds. The highest BCUT2D eigenvalue weighted by atomic mass is 16.5. The zero-order valence-corrected chi connectivity index (χ0v) is 13.5. The van der Waals surface area contributed by atoms with Gasteiger partial charge < -0.3 is 9.64 Å². The van der Waals surface area contributed by atoms with Crippen LogP contribution in [-0.2, 0) is 4.74 Å². The van der Waals surface area contributed by atoms with E-state index in [1.165, 1.54) is 0 Å². The van der Waals surface area contributed by atoms with Crippen LogP contribution in [0.2, 0.25) is 0 Å². The van der Waals surface area contributed by atoms with Crippen molar-refractivity contribution in [3.63, 3.8) is 0 Å². The number of nitriles is 3. The third kappa shape index (κ3) is 2.76. The summed E-state index contributed by atoms with van der Waals surface area (Å²) >= 11 is 0. The fourth-order valence-electron chi connectivity index (χ4n) is 2.60. The third-order valence-corrected chi connectivity index (χ3v) is 3.67. The SMILES string of the molecule is CN(C)c1ccc(C2=C(C#N)C(=C(C#N)C#N)OC2(C)C)cc1. The van der Waals surface area contributed by atoms with E-state index >= 15 is 0 Å².